The molecule has 474 valence electrons. The molecule has 0 radical (unpaired) electrons. The minimum Gasteiger partial charge on any atom is -0.462 e. The molecular weight excluding hydrogens is 1070 g/mol. The highest BCUT2D eigenvalue weighted by Crippen LogP contribution is 2.45. The average Bonchev–Trinajstić information content (AvgIpc) is 3.41. The molecule has 19 heteroatoms. The number of esters is 4. The van der Waals surface area contributed by atoms with Crippen molar-refractivity contribution in [2.45, 2.75) is 317 Å². The van der Waals surface area contributed by atoms with Crippen LogP contribution in [0.4, 0.5) is 0 Å². The normalized spacial score (nSPS) is 14.4. The summed E-state index contributed by atoms with van der Waals surface area (Å²) in [5.74, 6) is -0.626. The van der Waals surface area contributed by atoms with Crippen molar-refractivity contribution in [2.75, 3.05) is 39.6 Å². The van der Waals surface area contributed by atoms with Gasteiger partial charge in [0.05, 0.1) is 26.4 Å². The van der Waals surface area contributed by atoms with Crippen LogP contribution in [0.1, 0.15) is 298 Å². The van der Waals surface area contributed by atoms with Crippen molar-refractivity contribution >= 4 is 39.5 Å². The third-order valence-electron chi connectivity index (χ3n) is 14.0. The van der Waals surface area contributed by atoms with Crippen LogP contribution in [0.3, 0.4) is 0 Å². The molecule has 0 aliphatic heterocycles. The molecule has 0 spiro atoms. The fraction of sp³-hybridized carbons (Fsp3) is 0.934. The van der Waals surface area contributed by atoms with E-state index in [0.717, 1.165) is 108 Å². The lowest BCUT2D eigenvalue weighted by Gasteiger charge is -2.21. The highest BCUT2D eigenvalue weighted by Gasteiger charge is 2.30. The summed E-state index contributed by atoms with van der Waals surface area (Å²) in [5.41, 5.74) is 0. The van der Waals surface area contributed by atoms with Gasteiger partial charge in [-0.25, -0.2) is 9.13 Å². The molecule has 0 fully saturated rings. The van der Waals surface area contributed by atoms with E-state index in [1.165, 1.54) is 109 Å². The third kappa shape index (κ3) is 55.3. The Balaban J connectivity index is 5.07. The number of phosphoric acid groups is 2. The van der Waals surface area contributed by atoms with Crippen molar-refractivity contribution in [1.82, 2.24) is 0 Å². The molecule has 0 saturated carbocycles. The molecule has 0 heterocycles. The summed E-state index contributed by atoms with van der Waals surface area (Å²) in [6.07, 6.45) is 35.8. The molecule has 2 unspecified atom stereocenters. The zero-order valence-corrected chi connectivity index (χ0v) is 53.2. The maximum Gasteiger partial charge on any atom is 0.472 e. The Kier molecular flexibility index (Phi) is 52.5. The molecule has 3 N–H and O–H groups in total. The van der Waals surface area contributed by atoms with Gasteiger partial charge in [-0.1, -0.05) is 247 Å². The topological polar surface area (TPSA) is 237 Å². The minimum atomic E-state index is -4.94. The second-order valence-corrected chi connectivity index (χ2v) is 25.9. The molecule has 0 bridgehead atoms. The van der Waals surface area contributed by atoms with E-state index >= 15 is 0 Å². The van der Waals surface area contributed by atoms with E-state index < -0.39 is 97.5 Å². The molecule has 0 aliphatic rings. The monoisotopic (exact) mass is 1180 g/mol. The number of rotatable bonds is 60. The Morgan fingerprint density at radius 2 is 0.575 bits per heavy atom. The van der Waals surface area contributed by atoms with E-state index in [4.69, 9.17) is 37.0 Å². The second kappa shape index (κ2) is 53.8. The molecule has 0 aromatic heterocycles. The quantitative estimate of drug-likeness (QED) is 0.0222. The van der Waals surface area contributed by atoms with Crippen LogP contribution in [0.2, 0.25) is 0 Å². The lowest BCUT2D eigenvalue weighted by atomic mass is 10.0. The van der Waals surface area contributed by atoms with Gasteiger partial charge in [-0.3, -0.25) is 37.3 Å². The summed E-state index contributed by atoms with van der Waals surface area (Å²) >= 11 is 0. The Hall–Kier alpha value is -1.94. The number of hydrogen-bond donors (Lipinski definition) is 3. The summed E-state index contributed by atoms with van der Waals surface area (Å²) in [4.78, 5) is 71.5. The molecule has 5 atom stereocenters. The zero-order valence-electron chi connectivity index (χ0n) is 51.4. The van der Waals surface area contributed by atoms with E-state index in [-0.39, 0.29) is 25.7 Å². The van der Waals surface area contributed by atoms with E-state index in [1.807, 2.05) is 0 Å². The fourth-order valence-corrected chi connectivity index (χ4v) is 10.6. The number of aliphatic hydroxyl groups excluding tert-OH is 1. The lowest BCUT2D eigenvalue weighted by Crippen LogP contribution is -2.30. The smallest absolute Gasteiger partial charge is 0.462 e. The standard InChI is InChI=1S/C61H118O17P2/c1-7-9-11-29-37-43-58(63)71-49-56(77-60(65)45-39-30-12-10-8-2)51-75-79(67,68)73-47-55(62)48-74-80(69,70)76-52-57(50-72-59(64)44-38-33-27-24-23-26-32-36-42-54(5)6)78-61(66)46-40-34-28-22-20-18-16-14-13-15-17-19-21-25-31-35-41-53(3)4/h53-57,62H,7-52H2,1-6H3,(H,67,68)(H,69,70)/t55-,56+,57+/m0/s1. The van der Waals surface area contributed by atoms with Gasteiger partial charge in [0.25, 0.3) is 0 Å². The fourth-order valence-electron chi connectivity index (χ4n) is 9.00. The van der Waals surface area contributed by atoms with Crippen LogP contribution in [0.5, 0.6) is 0 Å². The molecule has 80 heavy (non-hydrogen) atoms. The largest absolute Gasteiger partial charge is 0.472 e. The van der Waals surface area contributed by atoms with E-state index in [0.29, 0.717) is 25.7 Å². The van der Waals surface area contributed by atoms with Gasteiger partial charge in [0, 0.05) is 25.7 Å². The summed E-state index contributed by atoms with van der Waals surface area (Å²) in [5, 5.41) is 10.5. The Morgan fingerprint density at radius 1 is 0.338 bits per heavy atom. The highest BCUT2D eigenvalue weighted by atomic mass is 31.2. The Bertz CT molecular complexity index is 1580. The van der Waals surface area contributed by atoms with Gasteiger partial charge < -0.3 is 33.8 Å². The maximum absolute atomic E-state index is 13.0. The van der Waals surface area contributed by atoms with Crippen molar-refractivity contribution in [2.24, 2.45) is 11.8 Å². The molecule has 0 rings (SSSR count). The first kappa shape index (κ1) is 78.1. The number of ether oxygens (including phenoxy) is 4. The van der Waals surface area contributed by atoms with Crippen molar-refractivity contribution in [3.63, 3.8) is 0 Å². The summed E-state index contributed by atoms with van der Waals surface area (Å²) in [6, 6.07) is 0. The van der Waals surface area contributed by atoms with Crippen LogP contribution in [0.25, 0.3) is 0 Å². The van der Waals surface area contributed by atoms with Crippen LogP contribution in [-0.4, -0.2) is 96.7 Å². The van der Waals surface area contributed by atoms with Gasteiger partial charge in [0.2, 0.25) is 0 Å². The average molecular weight is 1190 g/mol. The van der Waals surface area contributed by atoms with Gasteiger partial charge in [0.1, 0.15) is 19.3 Å². The molecule has 0 aromatic carbocycles. The van der Waals surface area contributed by atoms with E-state index in [2.05, 4.69) is 41.5 Å². The van der Waals surface area contributed by atoms with Gasteiger partial charge in [0.15, 0.2) is 12.2 Å². The predicted molar refractivity (Wildman–Crippen MR) is 317 cm³/mol. The van der Waals surface area contributed by atoms with Crippen molar-refractivity contribution in [1.29, 1.82) is 0 Å². The predicted octanol–water partition coefficient (Wildman–Crippen LogP) is 16.5. The first-order valence-electron chi connectivity index (χ1n) is 32.0. The Labute approximate surface area is 486 Å². The molecule has 17 nitrogen and oxygen atoms in total. The SMILES string of the molecule is CCCCCCCC(=O)OC[C@H](COP(=O)(O)OC[C@H](O)COP(=O)(O)OC[C@@H](COC(=O)CCCCCCCCCCC(C)C)OC(=O)CCCCCCCCCCCCCCCCCCC(C)C)OC(=O)CCCCCCC. The van der Waals surface area contributed by atoms with E-state index in [9.17, 15) is 43.2 Å². The molecule has 0 saturated heterocycles. The van der Waals surface area contributed by atoms with E-state index in [1.54, 1.807) is 0 Å². The van der Waals surface area contributed by atoms with Crippen molar-refractivity contribution in [3.05, 3.63) is 0 Å². The molecule has 0 aliphatic carbocycles. The van der Waals surface area contributed by atoms with Gasteiger partial charge in [-0.2, -0.15) is 0 Å². The first-order valence-corrected chi connectivity index (χ1v) is 35.0. The summed E-state index contributed by atoms with van der Waals surface area (Å²) in [6.45, 7) is 9.28. The van der Waals surface area contributed by atoms with Crippen LogP contribution < -0.4 is 0 Å². The van der Waals surface area contributed by atoms with Crippen LogP contribution >= 0.6 is 15.6 Å². The third-order valence-corrected chi connectivity index (χ3v) is 15.9. The number of carbonyl (C=O) groups is 4. The van der Waals surface area contributed by atoms with Gasteiger partial charge >= 0.3 is 39.5 Å². The second-order valence-electron chi connectivity index (χ2n) is 23.0. The van der Waals surface area contributed by atoms with Gasteiger partial charge in [-0.05, 0) is 37.5 Å². The number of carbonyl (C=O) groups excluding carboxylic acids is 4. The van der Waals surface area contributed by atoms with Crippen LogP contribution in [-0.2, 0) is 65.4 Å². The van der Waals surface area contributed by atoms with Crippen LogP contribution in [0.15, 0.2) is 0 Å². The van der Waals surface area contributed by atoms with Crippen LogP contribution in [0, 0.1) is 11.8 Å². The minimum absolute atomic E-state index is 0.0985. The lowest BCUT2D eigenvalue weighted by molar-refractivity contribution is -0.161. The summed E-state index contributed by atoms with van der Waals surface area (Å²) in [7, 11) is -9.86. The number of phosphoric ester groups is 2. The summed E-state index contributed by atoms with van der Waals surface area (Å²) < 4.78 is 67.4. The first-order chi connectivity index (χ1) is 38.4. The molecule has 0 amide bonds. The molecular formula is C61H118O17P2. The highest BCUT2D eigenvalue weighted by molar-refractivity contribution is 7.47. The Morgan fingerprint density at radius 3 is 0.850 bits per heavy atom. The molecule has 0 aromatic rings. The number of aliphatic hydroxyl groups is 1. The number of unbranched alkanes of at least 4 members (excludes halogenated alkanes) is 30. The van der Waals surface area contributed by atoms with Crippen molar-refractivity contribution < 1.29 is 80.2 Å². The van der Waals surface area contributed by atoms with Crippen molar-refractivity contribution in [3.8, 4) is 0 Å². The maximum atomic E-state index is 13.0. The zero-order chi connectivity index (χ0) is 59.4. The number of hydrogen-bond acceptors (Lipinski definition) is 15. The van der Waals surface area contributed by atoms with Gasteiger partial charge in [-0.15, -0.1) is 0 Å².